The number of hydrogen-bond donors (Lipinski definition) is 1. The number of anilines is 2. The second kappa shape index (κ2) is 9.66. The van der Waals surface area contributed by atoms with Crippen LogP contribution < -0.4 is 14.5 Å². The molecular weight excluding hydrogens is 440 g/mol. The van der Waals surface area contributed by atoms with Gasteiger partial charge in [-0.05, 0) is 59.5 Å². The van der Waals surface area contributed by atoms with Crippen LogP contribution in [0.25, 0.3) is 5.76 Å². The molecule has 4 rings (SSSR count). The molecule has 1 aliphatic heterocycles. The zero-order chi connectivity index (χ0) is 25.3. The summed E-state index contributed by atoms with van der Waals surface area (Å²) in [6.45, 7) is 4.06. The number of benzene rings is 3. The van der Waals surface area contributed by atoms with Gasteiger partial charge in [0.25, 0.3) is 11.7 Å². The van der Waals surface area contributed by atoms with Gasteiger partial charge in [0.15, 0.2) is 0 Å². The van der Waals surface area contributed by atoms with E-state index in [-0.39, 0.29) is 17.3 Å². The fourth-order valence-electron chi connectivity index (χ4n) is 4.45. The molecule has 180 valence electrons. The van der Waals surface area contributed by atoms with Crippen molar-refractivity contribution in [1.29, 1.82) is 0 Å². The number of ether oxygens (including phenoxy) is 1. The van der Waals surface area contributed by atoms with Crippen molar-refractivity contribution in [2.45, 2.75) is 25.8 Å². The topological polar surface area (TPSA) is 70.1 Å². The second-order valence-electron chi connectivity index (χ2n) is 9.10. The van der Waals surface area contributed by atoms with Crippen LogP contribution in [0, 0.1) is 0 Å². The van der Waals surface area contributed by atoms with E-state index < -0.39 is 17.7 Å². The van der Waals surface area contributed by atoms with Crippen molar-refractivity contribution in [2.24, 2.45) is 0 Å². The van der Waals surface area contributed by atoms with Crippen molar-refractivity contribution in [3.63, 3.8) is 0 Å². The van der Waals surface area contributed by atoms with Crippen molar-refractivity contribution >= 4 is 28.8 Å². The molecule has 6 nitrogen and oxygen atoms in total. The number of carbonyl (C=O) groups is 2. The van der Waals surface area contributed by atoms with Crippen molar-refractivity contribution in [2.75, 3.05) is 31.0 Å². The maximum Gasteiger partial charge on any atom is 0.300 e. The molecule has 0 bridgehead atoms. The molecule has 1 unspecified atom stereocenters. The lowest BCUT2D eigenvalue weighted by Gasteiger charge is -2.26. The Bertz CT molecular complexity index is 1280. The summed E-state index contributed by atoms with van der Waals surface area (Å²) in [5.41, 5.74) is 3.74. The first-order valence-corrected chi connectivity index (χ1v) is 11.6. The highest BCUT2D eigenvalue weighted by atomic mass is 16.5. The van der Waals surface area contributed by atoms with E-state index in [0.29, 0.717) is 17.0 Å². The zero-order valence-corrected chi connectivity index (χ0v) is 20.6. The van der Waals surface area contributed by atoms with Crippen molar-refractivity contribution < 1.29 is 19.4 Å². The Morgan fingerprint density at radius 1 is 0.971 bits per heavy atom. The minimum atomic E-state index is -0.758. The molecule has 1 N–H and O–H groups in total. The van der Waals surface area contributed by atoms with Gasteiger partial charge in [-0.2, -0.15) is 0 Å². The van der Waals surface area contributed by atoms with Crippen molar-refractivity contribution in [3.05, 3.63) is 95.1 Å². The van der Waals surface area contributed by atoms with Crippen molar-refractivity contribution in [3.8, 4) is 5.75 Å². The summed E-state index contributed by atoms with van der Waals surface area (Å²) >= 11 is 0. The Hall–Kier alpha value is -4.06. The van der Waals surface area contributed by atoms with Gasteiger partial charge in [-0.1, -0.05) is 44.2 Å². The van der Waals surface area contributed by atoms with Crippen LogP contribution in [0.15, 0.2) is 78.4 Å². The monoisotopic (exact) mass is 470 g/mol. The number of nitrogens with zero attached hydrogens (tertiary/aromatic N) is 2. The van der Waals surface area contributed by atoms with E-state index in [1.54, 1.807) is 19.2 Å². The SMILES string of the molecule is COc1ccc(/C(O)=C2/C(=O)C(=O)N(c3ccc(N(C)C)cc3)C2c2ccccc2)cc1C(C)C. The third-order valence-corrected chi connectivity index (χ3v) is 6.33. The average molecular weight is 471 g/mol. The van der Waals surface area contributed by atoms with E-state index in [9.17, 15) is 14.7 Å². The number of carbonyl (C=O) groups excluding carboxylic acids is 2. The van der Waals surface area contributed by atoms with Crippen LogP contribution in [0.3, 0.4) is 0 Å². The van der Waals surface area contributed by atoms with E-state index >= 15 is 0 Å². The quantitative estimate of drug-likeness (QED) is 0.292. The molecule has 1 aliphatic rings. The lowest BCUT2D eigenvalue weighted by atomic mass is 9.93. The Labute approximate surface area is 206 Å². The molecule has 3 aromatic carbocycles. The van der Waals surface area contributed by atoms with Gasteiger partial charge in [0.1, 0.15) is 11.5 Å². The predicted octanol–water partition coefficient (Wildman–Crippen LogP) is 5.51. The van der Waals surface area contributed by atoms with E-state index in [4.69, 9.17) is 4.74 Å². The molecule has 3 aromatic rings. The number of aliphatic hydroxyl groups excluding tert-OH is 1. The minimum absolute atomic E-state index is 0.0674. The summed E-state index contributed by atoms with van der Waals surface area (Å²) in [6.07, 6.45) is 0. The Balaban J connectivity index is 1.90. The summed E-state index contributed by atoms with van der Waals surface area (Å²) in [5.74, 6) is -0.738. The molecule has 0 radical (unpaired) electrons. The minimum Gasteiger partial charge on any atom is -0.507 e. The van der Waals surface area contributed by atoms with E-state index in [2.05, 4.69) is 0 Å². The van der Waals surface area contributed by atoms with Gasteiger partial charge in [-0.15, -0.1) is 0 Å². The Morgan fingerprint density at radius 2 is 1.63 bits per heavy atom. The number of rotatable bonds is 6. The average Bonchev–Trinajstić information content (AvgIpc) is 3.14. The van der Waals surface area contributed by atoms with Gasteiger partial charge < -0.3 is 14.7 Å². The number of amides is 1. The highest BCUT2D eigenvalue weighted by Crippen LogP contribution is 2.43. The highest BCUT2D eigenvalue weighted by molar-refractivity contribution is 6.51. The molecule has 0 aromatic heterocycles. The van der Waals surface area contributed by atoms with Gasteiger partial charge in [-0.25, -0.2) is 0 Å². The molecule has 1 heterocycles. The third kappa shape index (κ3) is 4.39. The van der Waals surface area contributed by atoms with Crippen LogP contribution in [0.4, 0.5) is 11.4 Å². The lowest BCUT2D eigenvalue weighted by Crippen LogP contribution is -2.29. The predicted molar refractivity (Wildman–Crippen MR) is 139 cm³/mol. The maximum absolute atomic E-state index is 13.4. The fourth-order valence-corrected chi connectivity index (χ4v) is 4.45. The number of methoxy groups -OCH3 is 1. The zero-order valence-electron chi connectivity index (χ0n) is 20.6. The smallest absolute Gasteiger partial charge is 0.300 e. The van der Waals surface area contributed by atoms with E-state index in [1.165, 1.54) is 4.90 Å². The molecule has 1 amide bonds. The first-order valence-electron chi connectivity index (χ1n) is 11.6. The van der Waals surface area contributed by atoms with Gasteiger partial charge in [0.2, 0.25) is 0 Å². The summed E-state index contributed by atoms with van der Waals surface area (Å²) in [5, 5.41) is 11.4. The van der Waals surface area contributed by atoms with Crippen molar-refractivity contribution in [1.82, 2.24) is 0 Å². The first kappa shape index (κ1) is 24.1. The normalized spacial score (nSPS) is 17.2. The summed E-state index contributed by atoms with van der Waals surface area (Å²) in [6, 6.07) is 21.3. The van der Waals surface area contributed by atoms with Crippen LogP contribution in [0.1, 0.15) is 42.5 Å². The summed E-state index contributed by atoms with van der Waals surface area (Å²) in [7, 11) is 5.47. The standard InChI is InChI=1S/C29H30N2O4/c1-18(2)23-17-20(11-16-24(23)35-5)27(32)25-26(19-9-7-6-8-10-19)31(29(34)28(25)33)22-14-12-21(13-15-22)30(3)4/h6-18,26,32H,1-5H3/b27-25-. The van der Waals surface area contributed by atoms with Crippen LogP contribution >= 0.6 is 0 Å². The number of ketones is 1. The van der Waals surface area contributed by atoms with Gasteiger partial charge in [0, 0.05) is 31.0 Å². The molecule has 1 fully saturated rings. The highest BCUT2D eigenvalue weighted by Gasteiger charge is 2.47. The third-order valence-electron chi connectivity index (χ3n) is 6.33. The number of Topliss-reactive ketones (excluding diaryl/α,β-unsaturated/α-hetero) is 1. The molecule has 35 heavy (non-hydrogen) atoms. The van der Waals surface area contributed by atoms with Gasteiger partial charge >= 0.3 is 0 Å². The van der Waals surface area contributed by atoms with E-state index in [0.717, 1.165) is 16.8 Å². The van der Waals surface area contributed by atoms with E-state index in [1.807, 2.05) is 93.5 Å². The second-order valence-corrected chi connectivity index (χ2v) is 9.10. The summed E-state index contributed by atoms with van der Waals surface area (Å²) in [4.78, 5) is 30.1. The van der Waals surface area contributed by atoms with Crippen LogP contribution in [0.5, 0.6) is 5.75 Å². The molecule has 6 heteroatoms. The van der Waals surface area contributed by atoms with Gasteiger partial charge in [0.05, 0.1) is 18.7 Å². The van der Waals surface area contributed by atoms with Gasteiger partial charge in [-0.3, -0.25) is 14.5 Å². The molecular formula is C29H30N2O4. The van der Waals surface area contributed by atoms with Crippen LogP contribution in [0.2, 0.25) is 0 Å². The summed E-state index contributed by atoms with van der Waals surface area (Å²) < 4.78 is 5.47. The Kier molecular flexibility index (Phi) is 6.65. The fraction of sp³-hybridized carbons (Fsp3) is 0.241. The lowest BCUT2D eigenvalue weighted by molar-refractivity contribution is -0.132. The Morgan fingerprint density at radius 3 is 2.20 bits per heavy atom. The maximum atomic E-state index is 13.4. The molecule has 1 atom stereocenters. The van der Waals surface area contributed by atoms with Crippen LogP contribution in [-0.4, -0.2) is 38.0 Å². The molecule has 1 saturated heterocycles. The molecule has 0 saturated carbocycles. The van der Waals surface area contributed by atoms with Crippen LogP contribution in [-0.2, 0) is 9.59 Å². The largest absolute Gasteiger partial charge is 0.507 e. The first-order chi connectivity index (χ1) is 16.7. The molecule has 0 spiro atoms. The number of hydrogen-bond acceptors (Lipinski definition) is 5. The number of aliphatic hydroxyl groups is 1. The molecule has 0 aliphatic carbocycles.